The van der Waals surface area contributed by atoms with Gasteiger partial charge in [0.1, 0.15) is 5.69 Å². The molecule has 18 heteroatoms. The maximum absolute atomic E-state index is 14.4. The zero-order chi connectivity index (χ0) is 32.1. The summed E-state index contributed by atoms with van der Waals surface area (Å²) >= 11 is 1.84. The monoisotopic (exact) mass is 649 g/mol. The Balaban J connectivity index is 1.28. The number of rotatable bonds is 19. The number of azide groups is 1. The first-order valence-electron chi connectivity index (χ1n) is 14.0. The molecule has 1 aromatic carbocycles. The average Bonchev–Trinajstić information content (AvgIpc) is 3.56. The molecule has 0 saturated carbocycles. The van der Waals surface area contributed by atoms with Gasteiger partial charge in [-0.15, -0.1) is 0 Å². The van der Waals surface area contributed by atoms with Gasteiger partial charge in [0.15, 0.2) is 23.3 Å². The zero-order valence-corrected chi connectivity index (χ0v) is 24.9. The number of thioether (sulfide) groups is 1. The molecule has 3 N–H and O–H groups in total. The molecule has 2 aliphatic heterocycles. The number of nitrogens with one attached hydrogen (secondary N) is 3. The van der Waals surface area contributed by atoms with E-state index in [2.05, 4.69) is 30.7 Å². The molecule has 13 nitrogen and oxygen atoms in total. The van der Waals surface area contributed by atoms with Crippen LogP contribution in [-0.4, -0.2) is 99.1 Å². The second-order valence-corrected chi connectivity index (χ2v) is 11.3. The molecule has 3 atom stereocenters. The van der Waals surface area contributed by atoms with E-state index in [0.29, 0.717) is 18.2 Å². The van der Waals surface area contributed by atoms with Crippen molar-refractivity contribution in [3.05, 3.63) is 39.3 Å². The molecule has 0 aliphatic carbocycles. The summed E-state index contributed by atoms with van der Waals surface area (Å²) in [7, 11) is 1.10. The van der Waals surface area contributed by atoms with Crippen LogP contribution in [0.2, 0.25) is 0 Å². The van der Waals surface area contributed by atoms with E-state index >= 15 is 0 Å². The molecule has 44 heavy (non-hydrogen) atoms. The lowest BCUT2D eigenvalue weighted by atomic mass is 10.0. The average molecular weight is 650 g/mol. The molecular weight excluding hydrogens is 614 g/mol. The van der Waals surface area contributed by atoms with Crippen LogP contribution in [0.4, 0.5) is 28.0 Å². The quantitative estimate of drug-likeness (QED) is 0.0301. The van der Waals surface area contributed by atoms with Crippen molar-refractivity contribution in [1.82, 2.24) is 20.9 Å². The Bertz CT molecular complexity index is 1200. The molecule has 2 heterocycles. The van der Waals surface area contributed by atoms with Crippen molar-refractivity contribution < 1.29 is 46.2 Å². The molecule has 3 rings (SSSR count). The van der Waals surface area contributed by atoms with E-state index in [-0.39, 0.29) is 57.0 Å². The standard InChI is InChI=1S/C26H35F4N7O6S/c1-41-19(39)13-37(12-15-20(27)22(29)25(35-36-31)23(30)21(15)28)7-9-43-11-10-42-8-6-32-18(38)5-3-2-4-17-24-16(14-44-17)33-26(40)34-24/h16-17,24H,2-14H2,1H3,(H,32,38)(H2,33,34,40). The number of fused-ring (bicyclic) bond motifs is 1. The highest BCUT2D eigenvalue weighted by atomic mass is 32.2. The fourth-order valence-electron chi connectivity index (χ4n) is 4.76. The lowest BCUT2D eigenvalue weighted by Gasteiger charge is -2.22. The molecule has 3 amide bonds. The smallest absolute Gasteiger partial charge is 0.319 e. The Morgan fingerprint density at radius 2 is 1.77 bits per heavy atom. The second kappa shape index (κ2) is 17.9. The summed E-state index contributed by atoms with van der Waals surface area (Å²) in [6.07, 6.45) is 2.96. The number of amides is 3. The fourth-order valence-corrected chi connectivity index (χ4v) is 6.31. The van der Waals surface area contributed by atoms with E-state index in [4.69, 9.17) is 15.0 Å². The molecule has 0 bridgehead atoms. The predicted molar refractivity (Wildman–Crippen MR) is 151 cm³/mol. The number of ether oxygens (including phenoxy) is 3. The van der Waals surface area contributed by atoms with Gasteiger partial charge in [0, 0.05) is 47.5 Å². The van der Waals surface area contributed by atoms with Gasteiger partial charge in [-0.05, 0) is 18.4 Å². The number of hydrogen-bond donors (Lipinski definition) is 3. The lowest BCUT2D eigenvalue weighted by molar-refractivity contribution is -0.142. The van der Waals surface area contributed by atoms with Crippen molar-refractivity contribution in [3.8, 4) is 0 Å². The summed E-state index contributed by atoms with van der Waals surface area (Å²) in [4.78, 5) is 38.6. The zero-order valence-electron chi connectivity index (χ0n) is 24.1. The van der Waals surface area contributed by atoms with Crippen LogP contribution in [0, 0.1) is 23.3 Å². The van der Waals surface area contributed by atoms with E-state index in [1.165, 1.54) is 4.90 Å². The molecule has 0 radical (unpaired) electrons. The highest BCUT2D eigenvalue weighted by Crippen LogP contribution is 2.33. The van der Waals surface area contributed by atoms with Gasteiger partial charge in [-0.3, -0.25) is 14.5 Å². The largest absolute Gasteiger partial charge is 0.468 e. The van der Waals surface area contributed by atoms with Crippen molar-refractivity contribution in [2.45, 2.75) is 49.6 Å². The number of esters is 1. The highest BCUT2D eigenvalue weighted by molar-refractivity contribution is 8.00. The minimum atomic E-state index is -1.85. The van der Waals surface area contributed by atoms with Crippen molar-refractivity contribution in [2.75, 3.05) is 58.9 Å². The van der Waals surface area contributed by atoms with Gasteiger partial charge in [-0.2, -0.15) is 11.8 Å². The van der Waals surface area contributed by atoms with E-state index in [9.17, 15) is 31.9 Å². The first-order valence-corrected chi connectivity index (χ1v) is 15.0. The van der Waals surface area contributed by atoms with E-state index in [0.717, 1.165) is 32.1 Å². The molecule has 244 valence electrons. The van der Waals surface area contributed by atoms with Crippen LogP contribution in [0.15, 0.2) is 5.11 Å². The maximum Gasteiger partial charge on any atom is 0.319 e. The highest BCUT2D eigenvalue weighted by Gasteiger charge is 2.42. The van der Waals surface area contributed by atoms with E-state index in [1.54, 1.807) is 0 Å². The molecule has 2 fully saturated rings. The minimum Gasteiger partial charge on any atom is -0.468 e. The fraction of sp³-hybridized carbons (Fsp3) is 0.654. The lowest BCUT2D eigenvalue weighted by Crippen LogP contribution is -2.36. The summed E-state index contributed by atoms with van der Waals surface area (Å²) in [5, 5.41) is 11.7. The topological polar surface area (TPSA) is 167 Å². The Morgan fingerprint density at radius 3 is 2.45 bits per heavy atom. The molecular formula is C26H35F4N7O6S. The van der Waals surface area contributed by atoms with Crippen molar-refractivity contribution >= 4 is 35.4 Å². The van der Waals surface area contributed by atoms with Crippen LogP contribution in [0.25, 0.3) is 10.4 Å². The number of unbranched alkanes of at least 4 members (excludes halogenated alkanes) is 1. The predicted octanol–water partition coefficient (Wildman–Crippen LogP) is 3.04. The number of benzene rings is 1. The van der Waals surface area contributed by atoms with E-state index in [1.807, 2.05) is 11.8 Å². The Hall–Kier alpha value is -3.31. The number of nitrogens with zero attached hydrogens (tertiary/aromatic N) is 4. The third kappa shape index (κ3) is 10.1. The summed E-state index contributed by atoms with van der Waals surface area (Å²) in [6.45, 7) is -0.361. The number of halogens is 4. The number of hydrogen-bond acceptors (Lipinski definition) is 9. The van der Waals surface area contributed by atoms with Gasteiger partial charge in [-0.25, -0.2) is 22.4 Å². The molecule has 0 spiro atoms. The second-order valence-electron chi connectivity index (χ2n) is 10.0. The van der Waals surface area contributed by atoms with Gasteiger partial charge in [0.25, 0.3) is 0 Å². The summed E-state index contributed by atoms with van der Waals surface area (Å²) in [5.74, 6) is -7.14. The normalized spacial score (nSPS) is 18.9. The Labute approximate surface area is 255 Å². The summed E-state index contributed by atoms with van der Waals surface area (Å²) in [5.41, 5.74) is 5.95. The SMILES string of the molecule is COC(=O)CN(CCOCCOCCNC(=O)CCCCC1SCC2NC(=O)NC21)Cc1c(F)c(F)c(N=[N+]=[N-])c(F)c1F. The number of urea groups is 1. The van der Waals surface area contributed by atoms with Crippen molar-refractivity contribution in [2.24, 2.45) is 5.11 Å². The molecule has 2 saturated heterocycles. The van der Waals surface area contributed by atoms with Gasteiger partial charge >= 0.3 is 12.0 Å². The molecule has 3 unspecified atom stereocenters. The minimum absolute atomic E-state index is 0.0221. The van der Waals surface area contributed by atoms with Gasteiger partial charge in [0.2, 0.25) is 5.91 Å². The Kier molecular flexibility index (Phi) is 14.3. The third-order valence-electron chi connectivity index (χ3n) is 7.01. The molecule has 1 aromatic rings. The number of methoxy groups -OCH3 is 1. The molecule has 0 aromatic heterocycles. The number of carbonyl (C=O) groups excluding carboxylic acids is 3. The van der Waals surface area contributed by atoms with Gasteiger partial charge < -0.3 is 30.2 Å². The van der Waals surface area contributed by atoms with Crippen molar-refractivity contribution in [3.63, 3.8) is 0 Å². The molecule has 2 aliphatic rings. The van der Waals surface area contributed by atoms with Crippen LogP contribution in [0.1, 0.15) is 31.2 Å². The summed E-state index contributed by atoms with van der Waals surface area (Å²) < 4.78 is 72.5. The number of carbonyl (C=O) groups is 3. The Morgan fingerprint density at radius 1 is 1.07 bits per heavy atom. The first kappa shape index (κ1) is 35.2. The van der Waals surface area contributed by atoms with Crippen LogP contribution in [-0.2, 0) is 30.3 Å². The maximum atomic E-state index is 14.4. The third-order valence-corrected chi connectivity index (χ3v) is 8.52. The summed E-state index contributed by atoms with van der Waals surface area (Å²) in [6, 6.07) is 0.228. The van der Waals surface area contributed by atoms with Crippen molar-refractivity contribution in [1.29, 1.82) is 0 Å². The van der Waals surface area contributed by atoms with Gasteiger partial charge in [-0.1, -0.05) is 11.5 Å². The first-order chi connectivity index (χ1) is 21.2. The van der Waals surface area contributed by atoms with Crippen LogP contribution < -0.4 is 16.0 Å². The van der Waals surface area contributed by atoms with Crippen LogP contribution in [0.3, 0.4) is 0 Å². The van der Waals surface area contributed by atoms with Gasteiger partial charge in [0.05, 0.1) is 52.2 Å². The van der Waals surface area contributed by atoms with Crippen LogP contribution in [0.5, 0.6) is 0 Å². The van der Waals surface area contributed by atoms with Crippen LogP contribution >= 0.6 is 11.8 Å². The van der Waals surface area contributed by atoms with E-state index < -0.39 is 53.6 Å².